The second kappa shape index (κ2) is 10.7. The van der Waals surface area contributed by atoms with Gasteiger partial charge in [0.1, 0.15) is 13.1 Å². The normalized spacial score (nSPS) is 13.9. The van der Waals surface area contributed by atoms with Crippen molar-refractivity contribution >= 4 is 29.4 Å². The van der Waals surface area contributed by atoms with Crippen LogP contribution in [-0.2, 0) is 11.3 Å². The average molecular weight is 534 g/mol. The molecule has 2 amide bonds. The predicted octanol–water partition coefficient (Wildman–Crippen LogP) is 3.89. The molecule has 0 spiro atoms. The number of carbonyl (C=O) groups excluding carboxylic acids is 2. The van der Waals surface area contributed by atoms with Crippen LogP contribution in [0, 0.1) is 6.92 Å². The maximum Gasteiger partial charge on any atom is 0.405 e. The maximum atomic E-state index is 13.0. The smallest absolute Gasteiger partial charge is 0.394 e. The quantitative estimate of drug-likeness (QED) is 0.405. The summed E-state index contributed by atoms with van der Waals surface area (Å²) in [4.78, 5) is 34.9. The molecule has 0 aliphatic carbocycles. The first-order chi connectivity index (χ1) is 17.5. The van der Waals surface area contributed by atoms with Gasteiger partial charge in [-0.15, -0.1) is 0 Å². The first kappa shape index (κ1) is 26.4. The maximum absolute atomic E-state index is 13.0. The number of nitrogens with zero attached hydrogens (tertiary/aromatic N) is 3. The van der Waals surface area contributed by atoms with Crippen LogP contribution >= 0.6 is 11.6 Å². The lowest BCUT2D eigenvalue weighted by Gasteiger charge is -2.20. The molecule has 3 N–H and O–H groups in total. The molecule has 0 saturated heterocycles. The number of anilines is 1. The van der Waals surface area contributed by atoms with Crippen LogP contribution in [-0.4, -0.2) is 57.7 Å². The van der Waals surface area contributed by atoms with Crippen molar-refractivity contribution in [2.75, 3.05) is 25.0 Å². The number of fused-ring (bicyclic) bond motifs is 1. The minimum Gasteiger partial charge on any atom is -0.394 e. The van der Waals surface area contributed by atoms with Gasteiger partial charge in [0, 0.05) is 17.7 Å². The molecule has 3 aromatic rings. The second-order valence-corrected chi connectivity index (χ2v) is 9.02. The summed E-state index contributed by atoms with van der Waals surface area (Å²) in [7, 11) is 0. The Hall–Kier alpha value is -3.70. The molecule has 0 radical (unpaired) electrons. The monoisotopic (exact) mass is 533 g/mol. The highest BCUT2D eigenvalue weighted by Gasteiger charge is 2.30. The van der Waals surface area contributed by atoms with Gasteiger partial charge in [0.2, 0.25) is 11.9 Å². The number of halogens is 4. The van der Waals surface area contributed by atoms with E-state index in [9.17, 15) is 27.9 Å². The minimum atomic E-state index is -4.45. The molecular formula is C25H23ClF3N5O3. The van der Waals surface area contributed by atoms with Crippen LogP contribution in [0.25, 0.3) is 11.3 Å². The molecule has 4 rings (SSSR count). The number of amides is 2. The lowest BCUT2D eigenvalue weighted by atomic mass is 10.0. The number of benzene rings is 2. The van der Waals surface area contributed by atoms with Crippen molar-refractivity contribution < 1.29 is 27.9 Å². The summed E-state index contributed by atoms with van der Waals surface area (Å²) in [5.41, 5.74) is 3.33. The number of alkyl halides is 3. The Morgan fingerprint density at radius 2 is 2.03 bits per heavy atom. The highest BCUT2D eigenvalue weighted by molar-refractivity contribution is 6.33. The van der Waals surface area contributed by atoms with E-state index in [1.807, 2.05) is 25.1 Å². The van der Waals surface area contributed by atoms with E-state index < -0.39 is 24.7 Å². The van der Waals surface area contributed by atoms with Gasteiger partial charge in [-0.3, -0.25) is 9.59 Å². The number of aromatic nitrogens is 2. The summed E-state index contributed by atoms with van der Waals surface area (Å²) in [6, 6.07) is 11.7. The first-order valence-electron chi connectivity index (χ1n) is 11.3. The molecule has 8 nitrogen and oxygen atoms in total. The highest BCUT2D eigenvalue weighted by Crippen LogP contribution is 2.31. The summed E-state index contributed by atoms with van der Waals surface area (Å²) < 4.78 is 37.6. The van der Waals surface area contributed by atoms with E-state index in [4.69, 9.17) is 11.6 Å². The largest absolute Gasteiger partial charge is 0.405 e. The van der Waals surface area contributed by atoms with Gasteiger partial charge in [-0.2, -0.15) is 13.2 Å². The van der Waals surface area contributed by atoms with Crippen LogP contribution in [0.4, 0.5) is 19.1 Å². The van der Waals surface area contributed by atoms with Gasteiger partial charge in [0.25, 0.3) is 5.91 Å². The van der Waals surface area contributed by atoms with Crippen molar-refractivity contribution in [1.82, 2.24) is 20.2 Å². The van der Waals surface area contributed by atoms with Crippen LogP contribution in [0.1, 0.15) is 33.1 Å². The Kier molecular flexibility index (Phi) is 7.65. The zero-order valence-electron chi connectivity index (χ0n) is 19.6. The first-order valence-corrected chi connectivity index (χ1v) is 11.6. The lowest BCUT2D eigenvalue weighted by molar-refractivity contribution is -0.123. The van der Waals surface area contributed by atoms with Crippen molar-refractivity contribution in [2.45, 2.75) is 25.7 Å². The summed E-state index contributed by atoms with van der Waals surface area (Å²) >= 11 is 6.18. The molecule has 1 aromatic heterocycles. The van der Waals surface area contributed by atoms with Crippen LogP contribution < -0.4 is 10.6 Å². The zero-order valence-corrected chi connectivity index (χ0v) is 20.4. The molecule has 0 fully saturated rings. The Labute approximate surface area is 215 Å². The molecule has 0 saturated carbocycles. The topological polar surface area (TPSA) is 107 Å². The summed E-state index contributed by atoms with van der Waals surface area (Å²) in [5.74, 6) is -1.07. The molecule has 2 aromatic carbocycles. The number of aryl methyl sites for hydroxylation is 1. The van der Waals surface area contributed by atoms with Gasteiger partial charge in [0.15, 0.2) is 0 Å². The van der Waals surface area contributed by atoms with Gasteiger partial charge in [0.05, 0.1) is 29.6 Å². The van der Waals surface area contributed by atoms with Gasteiger partial charge in [-0.1, -0.05) is 53.6 Å². The van der Waals surface area contributed by atoms with Crippen LogP contribution in [0.3, 0.4) is 0 Å². The van der Waals surface area contributed by atoms with E-state index in [1.54, 1.807) is 24.3 Å². The third kappa shape index (κ3) is 6.36. The number of carbonyl (C=O) groups is 2. The van der Waals surface area contributed by atoms with Crippen molar-refractivity contribution in [1.29, 1.82) is 0 Å². The van der Waals surface area contributed by atoms with Crippen molar-refractivity contribution in [3.8, 4) is 11.3 Å². The molecule has 1 unspecified atom stereocenters. The SMILES string of the molecule is Cc1cccc(C(CO)NC(=O)CN2Cc3ccc(-c4nc(NCC(F)(F)F)ncc4Cl)cc3C2=O)c1. The Morgan fingerprint density at radius 3 is 2.73 bits per heavy atom. The van der Waals surface area contributed by atoms with Crippen molar-refractivity contribution in [3.05, 3.63) is 75.9 Å². The summed E-state index contributed by atoms with van der Waals surface area (Å²) in [6.07, 6.45) is -3.27. The molecule has 0 bridgehead atoms. The highest BCUT2D eigenvalue weighted by atomic mass is 35.5. The third-order valence-corrected chi connectivity index (χ3v) is 6.03. The number of nitrogens with one attached hydrogen (secondary N) is 2. The van der Waals surface area contributed by atoms with Gasteiger partial charge in [-0.05, 0) is 24.1 Å². The van der Waals surface area contributed by atoms with E-state index >= 15 is 0 Å². The molecular weight excluding hydrogens is 511 g/mol. The van der Waals surface area contributed by atoms with Crippen LogP contribution in [0.5, 0.6) is 0 Å². The van der Waals surface area contributed by atoms with E-state index in [1.165, 1.54) is 11.1 Å². The number of hydrogen-bond acceptors (Lipinski definition) is 6. The van der Waals surface area contributed by atoms with Gasteiger partial charge in [-0.25, -0.2) is 9.97 Å². The van der Waals surface area contributed by atoms with Gasteiger partial charge < -0.3 is 20.6 Å². The van der Waals surface area contributed by atoms with E-state index in [0.29, 0.717) is 16.7 Å². The third-order valence-electron chi connectivity index (χ3n) is 5.75. The van der Waals surface area contributed by atoms with Gasteiger partial charge >= 0.3 is 6.18 Å². The fraction of sp³-hybridized carbons (Fsp3) is 0.280. The number of aliphatic hydroxyl groups is 1. The average Bonchev–Trinajstić information content (AvgIpc) is 3.15. The van der Waals surface area contributed by atoms with Crippen molar-refractivity contribution in [3.63, 3.8) is 0 Å². The number of aliphatic hydroxyl groups excluding tert-OH is 1. The minimum absolute atomic E-state index is 0.102. The second-order valence-electron chi connectivity index (χ2n) is 8.61. The van der Waals surface area contributed by atoms with E-state index in [-0.39, 0.29) is 42.3 Å². The molecule has 37 heavy (non-hydrogen) atoms. The molecule has 1 atom stereocenters. The fourth-order valence-electron chi connectivity index (χ4n) is 4.00. The Balaban J connectivity index is 1.47. The molecule has 1 aliphatic heterocycles. The number of rotatable bonds is 8. The summed E-state index contributed by atoms with van der Waals surface area (Å²) in [5, 5.41) is 14.7. The number of hydrogen-bond donors (Lipinski definition) is 3. The van der Waals surface area contributed by atoms with E-state index in [0.717, 1.165) is 11.1 Å². The fourth-order valence-corrected chi connectivity index (χ4v) is 4.20. The van der Waals surface area contributed by atoms with Crippen LogP contribution in [0.15, 0.2) is 48.7 Å². The van der Waals surface area contributed by atoms with Crippen molar-refractivity contribution in [2.24, 2.45) is 0 Å². The zero-order chi connectivity index (χ0) is 26.7. The Bertz CT molecular complexity index is 1340. The molecule has 1 aliphatic rings. The molecule has 2 heterocycles. The molecule has 12 heteroatoms. The predicted molar refractivity (Wildman–Crippen MR) is 131 cm³/mol. The molecule has 194 valence electrons. The standard InChI is InChI=1S/C25H23ClF3N5O3/c1-14-3-2-4-15(7-14)20(12-35)32-21(36)11-34-10-17-6-5-16(8-18(17)23(34)37)22-19(26)9-30-24(33-22)31-13-25(27,28)29/h2-9,20,35H,10-13H2,1H3,(H,32,36)(H,30,31,33). The Morgan fingerprint density at radius 1 is 1.24 bits per heavy atom. The lowest BCUT2D eigenvalue weighted by Crippen LogP contribution is -2.40. The van der Waals surface area contributed by atoms with Crippen LogP contribution in [0.2, 0.25) is 5.02 Å². The van der Waals surface area contributed by atoms with E-state index in [2.05, 4.69) is 20.6 Å². The summed E-state index contributed by atoms with van der Waals surface area (Å²) in [6.45, 7) is 0.278.